The van der Waals surface area contributed by atoms with Crippen LogP contribution in [-0.2, 0) is 4.79 Å². The number of ether oxygens (including phenoxy) is 4. The maximum absolute atomic E-state index is 14.1. The van der Waals surface area contributed by atoms with Gasteiger partial charge < -0.3 is 29.0 Å². The van der Waals surface area contributed by atoms with Gasteiger partial charge in [-0.2, -0.15) is 0 Å². The molecule has 0 aliphatic carbocycles. The number of likely N-dealkylation sites (N-methyl/N-ethyl adjacent to an activating group) is 1. The summed E-state index contributed by atoms with van der Waals surface area (Å²) in [6.07, 6.45) is 1.68. The zero-order valence-electron chi connectivity index (χ0n) is 23.6. The minimum Gasteiger partial charge on any atom is -0.502 e. The molecular weight excluding hydrogens is 534 g/mol. The number of phenols is 1. The highest BCUT2D eigenvalue weighted by atomic mass is 32.1. The maximum Gasteiger partial charge on any atom is 0.271 e. The minimum atomic E-state index is -0.805. The van der Waals surface area contributed by atoms with E-state index in [9.17, 15) is 14.7 Å². The third-order valence-electron chi connectivity index (χ3n) is 6.83. The second-order valence-corrected chi connectivity index (χ2v) is 9.95. The van der Waals surface area contributed by atoms with Gasteiger partial charge in [-0.1, -0.05) is 11.3 Å². The van der Waals surface area contributed by atoms with Gasteiger partial charge >= 0.3 is 0 Å². The van der Waals surface area contributed by atoms with Crippen molar-refractivity contribution in [3.63, 3.8) is 0 Å². The SMILES string of the molecule is CCN(CC)C(=O)C1=C(C)N=c2s/c(=C/c3cc(OC)c(O)c(OC)c3)c(=O)n2[C@@H]1c1cc(OC)ccc1OC. The number of hydrogen-bond donors (Lipinski definition) is 1. The number of fused-ring (bicyclic) bond motifs is 1. The number of thiazole rings is 1. The largest absolute Gasteiger partial charge is 0.502 e. The van der Waals surface area contributed by atoms with Crippen LogP contribution in [-0.4, -0.2) is 62.0 Å². The van der Waals surface area contributed by atoms with E-state index in [1.54, 1.807) is 62.5 Å². The summed E-state index contributed by atoms with van der Waals surface area (Å²) in [5, 5.41) is 10.3. The molecule has 0 saturated carbocycles. The molecule has 2 heterocycles. The molecule has 0 unspecified atom stereocenters. The Labute approximate surface area is 236 Å². The Balaban J connectivity index is 2.03. The molecule has 11 heteroatoms. The van der Waals surface area contributed by atoms with E-state index in [0.717, 1.165) is 0 Å². The van der Waals surface area contributed by atoms with Crippen LogP contribution in [0, 0.1) is 0 Å². The van der Waals surface area contributed by atoms with Gasteiger partial charge in [0.05, 0.1) is 44.2 Å². The quantitative estimate of drug-likeness (QED) is 0.423. The summed E-state index contributed by atoms with van der Waals surface area (Å²) in [5.74, 6) is 1.14. The summed E-state index contributed by atoms with van der Waals surface area (Å²) in [6, 6.07) is 7.72. The van der Waals surface area contributed by atoms with Gasteiger partial charge in [-0.15, -0.1) is 0 Å². The second kappa shape index (κ2) is 11.9. The van der Waals surface area contributed by atoms with Crippen LogP contribution in [0.2, 0.25) is 0 Å². The van der Waals surface area contributed by atoms with Crippen molar-refractivity contribution >= 4 is 23.3 Å². The van der Waals surface area contributed by atoms with E-state index in [-0.39, 0.29) is 28.7 Å². The van der Waals surface area contributed by atoms with Gasteiger partial charge in [0.15, 0.2) is 16.3 Å². The van der Waals surface area contributed by atoms with Crippen molar-refractivity contribution < 1.29 is 28.8 Å². The van der Waals surface area contributed by atoms with Crippen LogP contribution in [0.15, 0.2) is 51.4 Å². The van der Waals surface area contributed by atoms with E-state index in [1.807, 2.05) is 13.8 Å². The van der Waals surface area contributed by atoms with Crippen molar-refractivity contribution in [3.8, 4) is 28.7 Å². The van der Waals surface area contributed by atoms with Crippen LogP contribution in [0.25, 0.3) is 6.08 Å². The first-order valence-corrected chi connectivity index (χ1v) is 13.5. The third kappa shape index (κ3) is 5.04. The van der Waals surface area contributed by atoms with Crippen LogP contribution < -0.4 is 33.8 Å². The predicted octanol–water partition coefficient (Wildman–Crippen LogP) is 2.84. The first-order valence-electron chi connectivity index (χ1n) is 12.7. The number of phenolic OH excluding ortho intramolecular Hbond substituents is 1. The van der Waals surface area contributed by atoms with Crippen LogP contribution in [0.1, 0.15) is 37.9 Å². The fourth-order valence-corrected chi connectivity index (χ4v) is 5.82. The van der Waals surface area contributed by atoms with Gasteiger partial charge in [0.25, 0.3) is 11.5 Å². The highest BCUT2D eigenvalue weighted by Crippen LogP contribution is 2.39. The average molecular weight is 568 g/mol. The Bertz CT molecular complexity index is 1630. The fraction of sp³-hybridized carbons (Fsp3) is 0.345. The smallest absolute Gasteiger partial charge is 0.271 e. The van der Waals surface area contributed by atoms with Gasteiger partial charge in [0.2, 0.25) is 5.75 Å². The summed E-state index contributed by atoms with van der Waals surface area (Å²) in [6.45, 7) is 6.61. The fourth-order valence-electron chi connectivity index (χ4n) is 4.77. The summed E-state index contributed by atoms with van der Waals surface area (Å²) in [7, 11) is 5.97. The van der Waals surface area contributed by atoms with E-state index < -0.39 is 6.04 Å². The normalized spacial score (nSPS) is 14.9. The van der Waals surface area contributed by atoms with Crippen molar-refractivity contribution in [1.82, 2.24) is 9.47 Å². The Morgan fingerprint density at radius 2 is 1.65 bits per heavy atom. The van der Waals surface area contributed by atoms with Gasteiger partial charge in [0, 0.05) is 18.7 Å². The molecule has 10 nitrogen and oxygen atoms in total. The lowest BCUT2D eigenvalue weighted by molar-refractivity contribution is -0.127. The standard InChI is InChI=1S/C29H33N3O7S/c1-8-31(9-2)28(35)24-16(3)30-29-32(25(24)19-15-18(36-4)10-11-20(19)37-5)27(34)23(40-29)14-17-12-21(38-6)26(33)22(13-17)39-7/h10-15,25,33H,8-9H2,1-7H3/b23-14+/t25-/m1/s1. The number of carbonyl (C=O) groups excluding carboxylic acids is 1. The van der Waals surface area contributed by atoms with Gasteiger partial charge in [-0.3, -0.25) is 14.2 Å². The summed E-state index contributed by atoms with van der Waals surface area (Å²) < 4.78 is 23.6. The van der Waals surface area contributed by atoms with Gasteiger partial charge in [-0.05, 0) is 62.7 Å². The third-order valence-corrected chi connectivity index (χ3v) is 7.82. The molecule has 1 atom stereocenters. The molecule has 1 aliphatic rings. The molecular formula is C29H33N3O7S. The Kier molecular flexibility index (Phi) is 8.53. The number of aromatic hydroxyl groups is 1. The van der Waals surface area contributed by atoms with Gasteiger partial charge in [0.1, 0.15) is 17.5 Å². The lowest BCUT2D eigenvalue weighted by Gasteiger charge is -2.30. The van der Waals surface area contributed by atoms with E-state index >= 15 is 0 Å². The number of carbonyl (C=O) groups is 1. The van der Waals surface area contributed by atoms with Gasteiger partial charge in [-0.25, -0.2) is 4.99 Å². The van der Waals surface area contributed by atoms with E-state index in [2.05, 4.69) is 0 Å². The molecule has 0 spiro atoms. The predicted molar refractivity (Wildman–Crippen MR) is 152 cm³/mol. The number of aromatic nitrogens is 1. The maximum atomic E-state index is 14.1. The van der Waals surface area contributed by atoms with Crippen LogP contribution >= 0.6 is 11.3 Å². The van der Waals surface area contributed by atoms with Crippen molar-refractivity contribution in [3.05, 3.63) is 72.4 Å². The van der Waals surface area contributed by atoms with E-state index in [4.69, 9.17) is 23.9 Å². The van der Waals surface area contributed by atoms with Crippen molar-refractivity contribution in [2.24, 2.45) is 4.99 Å². The molecule has 1 aromatic heterocycles. The first kappa shape index (κ1) is 28.8. The molecule has 4 rings (SSSR count). The van der Waals surface area contributed by atoms with E-state index in [1.165, 1.54) is 30.1 Å². The van der Waals surface area contributed by atoms with Crippen molar-refractivity contribution in [1.29, 1.82) is 0 Å². The number of methoxy groups -OCH3 is 4. The highest BCUT2D eigenvalue weighted by molar-refractivity contribution is 7.07. The zero-order chi connectivity index (χ0) is 29.1. The zero-order valence-corrected chi connectivity index (χ0v) is 24.4. The monoisotopic (exact) mass is 567 g/mol. The van der Waals surface area contributed by atoms with Crippen molar-refractivity contribution in [2.75, 3.05) is 41.5 Å². The number of rotatable bonds is 9. The van der Waals surface area contributed by atoms with E-state index in [0.29, 0.717) is 56.3 Å². The number of allylic oxidation sites excluding steroid dienone is 1. The Morgan fingerprint density at radius 3 is 2.20 bits per heavy atom. The lowest BCUT2D eigenvalue weighted by atomic mass is 9.93. The van der Waals surface area contributed by atoms with Crippen LogP contribution in [0.3, 0.4) is 0 Å². The molecule has 1 N–H and O–H groups in total. The molecule has 212 valence electrons. The number of amides is 1. The topological polar surface area (TPSA) is 112 Å². The number of nitrogens with zero attached hydrogens (tertiary/aromatic N) is 3. The highest BCUT2D eigenvalue weighted by Gasteiger charge is 2.36. The minimum absolute atomic E-state index is 0.135. The first-order chi connectivity index (χ1) is 19.2. The molecule has 1 amide bonds. The summed E-state index contributed by atoms with van der Waals surface area (Å²) >= 11 is 1.20. The molecule has 40 heavy (non-hydrogen) atoms. The summed E-state index contributed by atoms with van der Waals surface area (Å²) in [5.41, 5.74) is 1.77. The average Bonchev–Trinajstić information content (AvgIpc) is 3.26. The number of benzene rings is 2. The molecule has 0 saturated heterocycles. The molecule has 1 aliphatic heterocycles. The lowest BCUT2D eigenvalue weighted by Crippen LogP contribution is -2.43. The molecule has 3 aromatic rings. The second-order valence-electron chi connectivity index (χ2n) is 8.94. The Hall–Kier alpha value is -4.25. The molecule has 0 bridgehead atoms. The summed E-state index contributed by atoms with van der Waals surface area (Å²) in [4.78, 5) is 34.8. The number of hydrogen-bond acceptors (Lipinski definition) is 9. The van der Waals surface area contributed by atoms with Crippen LogP contribution in [0.4, 0.5) is 0 Å². The van der Waals surface area contributed by atoms with Crippen LogP contribution in [0.5, 0.6) is 28.7 Å². The van der Waals surface area contributed by atoms with Crippen molar-refractivity contribution in [2.45, 2.75) is 26.8 Å². The molecule has 2 aromatic carbocycles. The molecule has 0 fully saturated rings. The Morgan fingerprint density at radius 1 is 1.02 bits per heavy atom. The molecule has 0 radical (unpaired) electrons.